The molecule has 1 aliphatic heterocycles. The number of amides is 2. The summed E-state index contributed by atoms with van der Waals surface area (Å²) in [6.07, 6.45) is 2.43. The van der Waals surface area contributed by atoms with Gasteiger partial charge in [0.25, 0.3) is 5.91 Å². The Hall–Kier alpha value is -0.960. The van der Waals surface area contributed by atoms with Gasteiger partial charge >= 0.3 is 0 Å². The largest absolute Gasteiger partial charge is 0.381 e. The Morgan fingerprint density at radius 2 is 2.12 bits per heavy atom. The number of methoxy groups -OCH3 is 1. The third kappa shape index (κ3) is 5.84. The van der Waals surface area contributed by atoms with Crippen molar-refractivity contribution in [3.8, 4) is 0 Å². The van der Waals surface area contributed by atoms with Gasteiger partial charge in [0.1, 0.15) is 6.04 Å². The Balaban J connectivity index is 1.66. The number of carbonyl (C=O) groups excluding carboxylic acids is 2. The topological polar surface area (TPSA) is 70.7 Å². The Bertz CT molecular complexity index is 559. The monoisotopic (exact) mass is 417 g/mol. The lowest BCUT2D eigenvalue weighted by molar-refractivity contribution is -0.122. The van der Waals surface area contributed by atoms with E-state index in [9.17, 15) is 9.59 Å². The van der Waals surface area contributed by atoms with E-state index < -0.39 is 6.04 Å². The average molecular weight is 418 g/mol. The van der Waals surface area contributed by atoms with Crippen LogP contribution in [0.25, 0.3) is 0 Å². The highest BCUT2D eigenvalue weighted by Crippen LogP contribution is 2.21. The molecule has 0 spiro atoms. The summed E-state index contributed by atoms with van der Waals surface area (Å²) < 4.78 is 6.24. The standard InChI is InChI=1S/C16H24BrN3O3S/c1-11(19-16(22)13-3-4-14(17)24-13)15(21)18-7-10-20-8-5-12(23-2)6-9-20/h3-4,11-12H,5-10H2,1-2H3,(H,18,21)(H,19,22). The van der Waals surface area contributed by atoms with Gasteiger partial charge in [-0.3, -0.25) is 9.59 Å². The van der Waals surface area contributed by atoms with Crippen LogP contribution in [0.2, 0.25) is 0 Å². The molecular weight excluding hydrogens is 394 g/mol. The zero-order valence-corrected chi connectivity index (χ0v) is 16.4. The second-order valence-corrected chi connectivity index (χ2v) is 8.33. The van der Waals surface area contributed by atoms with Crippen molar-refractivity contribution in [1.82, 2.24) is 15.5 Å². The molecule has 2 N–H and O–H groups in total. The first kappa shape index (κ1) is 19.4. The second-order valence-electron chi connectivity index (χ2n) is 5.87. The van der Waals surface area contributed by atoms with E-state index in [1.165, 1.54) is 11.3 Å². The zero-order valence-electron chi connectivity index (χ0n) is 14.0. The second kappa shape index (κ2) is 9.50. The third-order valence-corrected chi connectivity index (χ3v) is 5.76. The van der Waals surface area contributed by atoms with Crippen LogP contribution in [0.1, 0.15) is 29.4 Å². The molecule has 1 aromatic heterocycles. The summed E-state index contributed by atoms with van der Waals surface area (Å²) in [5.74, 6) is -0.388. The number of ether oxygens (including phenoxy) is 1. The van der Waals surface area contributed by atoms with E-state index in [1.54, 1.807) is 20.1 Å². The van der Waals surface area contributed by atoms with Crippen LogP contribution in [0.3, 0.4) is 0 Å². The van der Waals surface area contributed by atoms with E-state index in [4.69, 9.17) is 4.74 Å². The maximum absolute atomic E-state index is 12.1. The Labute approximate surface area is 155 Å². The summed E-state index contributed by atoms with van der Waals surface area (Å²) in [7, 11) is 1.76. The molecule has 1 aliphatic rings. The van der Waals surface area contributed by atoms with Crippen molar-refractivity contribution in [3.63, 3.8) is 0 Å². The number of likely N-dealkylation sites (tertiary alicyclic amines) is 1. The molecule has 1 unspecified atom stereocenters. The number of rotatable bonds is 7. The lowest BCUT2D eigenvalue weighted by atomic mass is 10.1. The van der Waals surface area contributed by atoms with Crippen molar-refractivity contribution in [2.75, 3.05) is 33.3 Å². The molecule has 24 heavy (non-hydrogen) atoms. The molecule has 0 aromatic carbocycles. The molecule has 6 nitrogen and oxygen atoms in total. The molecule has 1 fully saturated rings. The van der Waals surface area contributed by atoms with Crippen molar-refractivity contribution < 1.29 is 14.3 Å². The van der Waals surface area contributed by atoms with Gasteiger partial charge in [-0.1, -0.05) is 0 Å². The number of halogens is 1. The molecule has 0 saturated carbocycles. The van der Waals surface area contributed by atoms with Crippen molar-refractivity contribution in [2.45, 2.75) is 31.9 Å². The fourth-order valence-corrected chi connectivity index (χ4v) is 3.92. The molecule has 1 atom stereocenters. The maximum atomic E-state index is 12.1. The summed E-state index contributed by atoms with van der Waals surface area (Å²) >= 11 is 4.67. The minimum Gasteiger partial charge on any atom is -0.381 e. The minimum absolute atomic E-state index is 0.161. The van der Waals surface area contributed by atoms with Gasteiger partial charge in [0.2, 0.25) is 5.91 Å². The van der Waals surface area contributed by atoms with E-state index in [1.807, 2.05) is 6.07 Å². The van der Waals surface area contributed by atoms with Crippen LogP contribution in [-0.4, -0.2) is 62.1 Å². The molecule has 1 aromatic rings. The number of hydrogen-bond acceptors (Lipinski definition) is 5. The van der Waals surface area contributed by atoms with Gasteiger partial charge < -0.3 is 20.3 Å². The Morgan fingerprint density at radius 1 is 1.42 bits per heavy atom. The summed E-state index contributed by atoms with van der Waals surface area (Å²) in [4.78, 5) is 27.0. The van der Waals surface area contributed by atoms with Crippen molar-refractivity contribution >= 4 is 39.1 Å². The fraction of sp³-hybridized carbons (Fsp3) is 0.625. The van der Waals surface area contributed by atoms with Gasteiger partial charge in [-0.25, -0.2) is 0 Å². The van der Waals surface area contributed by atoms with E-state index in [2.05, 4.69) is 31.5 Å². The van der Waals surface area contributed by atoms with Gasteiger partial charge in [-0.15, -0.1) is 11.3 Å². The summed E-state index contributed by atoms with van der Waals surface area (Å²) in [5, 5.41) is 5.60. The maximum Gasteiger partial charge on any atom is 0.262 e. The quantitative estimate of drug-likeness (QED) is 0.709. The van der Waals surface area contributed by atoms with Crippen LogP contribution >= 0.6 is 27.3 Å². The SMILES string of the molecule is COC1CCN(CCNC(=O)C(C)NC(=O)c2ccc(Br)s2)CC1. The van der Waals surface area contributed by atoms with Gasteiger partial charge in [-0.2, -0.15) is 0 Å². The fourth-order valence-electron chi connectivity index (χ4n) is 2.63. The van der Waals surface area contributed by atoms with Crippen molar-refractivity contribution in [3.05, 3.63) is 20.8 Å². The Morgan fingerprint density at radius 3 is 2.71 bits per heavy atom. The van der Waals surface area contributed by atoms with Gasteiger partial charge in [0, 0.05) is 33.3 Å². The van der Waals surface area contributed by atoms with Crippen LogP contribution in [0.5, 0.6) is 0 Å². The number of thiophene rings is 1. The van der Waals surface area contributed by atoms with Crippen molar-refractivity contribution in [2.24, 2.45) is 0 Å². The summed E-state index contributed by atoms with van der Waals surface area (Å²) in [6, 6.07) is 2.99. The van der Waals surface area contributed by atoms with Gasteiger partial charge in [0.15, 0.2) is 0 Å². The first-order valence-corrected chi connectivity index (χ1v) is 9.69. The van der Waals surface area contributed by atoms with Gasteiger partial charge in [0.05, 0.1) is 14.8 Å². The Kier molecular flexibility index (Phi) is 7.67. The predicted octanol–water partition coefficient (Wildman–Crippen LogP) is 1.86. The van der Waals surface area contributed by atoms with E-state index in [0.717, 1.165) is 36.3 Å². The van der Waals surface area contributed by atoms with Crippen LogP contribution in [-0.2, 0) is 9.53 Å². The van der Waals surface area contributed by atoms with Crippen LogP contribution < -0.4 is 10.6 Å². The third-order valence-electron chi connectivity index (χ3n) is 4.13. The summed E-state index contributed by atoms with van der Waals surface area (Å²) in [6.45, 7) is 5.09. The molecule has 134 valence electrons. The minimum atomic E-state index is -0.558. The molecule has 2 heterocycles. The molecule has 1 saturated heterocycles. The van der Waals surface area contributed by atoms with Crippen molar-refractivity contribution in [1.29, 1.82) is 0 Å². The van der Waals surface area contributed by atoms with E-state index >= 15 is 0 Å². The highest BCUT2D eigenvalue weighted by molar-refractivity contribution is 9.11. The predicted molar refractivity (Wildman–Crippen MR) is 98.4 cm³/mol. The first-order valence-electron chi connectivity index (χ1n) is 8.08. The van der Waals surface area contributed by atoms with Gasteiger partial charge in [-0.05, 0) is 47.8 Å². The zero-order chi connectivity index (χ0) is 17.5. The summed E-state index contributed by atoms with van der Waals surface area (Å²) in [5.41, 5.74) is 0. The number of hydrogen-bond donors (Lipinski definition) is 2. The number of nitrogens with one attached hydrogen (secondary N) is 2. The molecule has 2 rings (SSSR count). The number of piperidine rings is 1. The average Bonchev–Trinajstić information content (AvgIpc) is 3.02. The first-order chi connectivity index (χ1) is 11.5. The highest BCUT2D eigenvalue weighted by Gasteiger charge is 2.20. The smallest absolute Gasteiger partial charge is 0.262 e. The highest BCUT2D eigenvalue weighted by atomic mass is 79.9. The van der Waals surface area contributed by atoms with E-state index in [-0.39, 0.29) is 11.8 Å². The molecule has 0 bridgehead atoms. The molecule has 2 amide bonds. The molecule has 8 heteroatoms. The number of nitrogens with zero attached hydrogens (tertiary/aromatic N) is 1. The molecule has 0 aliphatic carbocycles. The van der Waals surface area contributed by atoms with E-state index in [0.29, 0.717) is 17.5 Å². The normalized spacial score (nSPS) is 17.5. The lowest BCUT2D eigenvalue weighted by Gasteiger charge is -2.31. The lowest BCUT2D eigenvalue weighted by Crippen LogP contribution is -2.47. The van der Waals surface area contributed by atoms with Crippen LogP contribution in [0.4, 0.5) is 0 Å². The number of carbonyl (C=O) groups is 2. The van der Waals surface area contributed by atoms with Crippen LogP contribution in [0.15, 0.2) is 15.9 Å². The van der Waals surface area contributed by atoms with Crippen LogP contribution in [0, 0.1) is 0 Å². The molecular formula is C16H24BrN3O3S. The molecule has 0 radical (unpaired) electrons.